The number of ketones is 1. The molecule has 2 heteroatoms. The van der Waals surface area contributed by atoms with Crippen molar-refractivity contribution in [3.05, 3.63) is 114 Å². The van der Waals surface area contributed by atoms with Crippen LogP contribution in [0.2, 0.25) is 0 Å². The predicted molar refractivity (Wildman–Crippen MR) is 124 cm³/mol. The maximum atomic E-state index is 14.1. The minimum absolute atomic E-state index is 0.0872. The first-order valence-corrected chi connectivity index (χ1v) is 11.1. The van der Waals surface area contributed by atoms with Crippen molar-refractivity contribution in [2.45, 2.75) is 37.5 Å². The van der Waals surface area contributed by atoms with E-state index in [1.165, 1.54) is 16.5 Å². The minimum atomic E-state index is -0.362. The highest BCUT2D eigenvalue weighted by molar-refractivity contribution is 6.05. The standard InChI is InChI=1S/C29H25NO/c1-20-13-14-30-26(15-20)25-17-28(24-9-3-2-4-10-24)18-29(25,19-28)27(31)23-12-11-21-7-5-6-8-22(21)16-23/h2-16,25H,17-19H2,1H3/t25-,28?,29?/m0/s1. The van der Waals surface area contributed by atoms with Gasteiger partial charge in [0.1, 0.15) is 0 Å². The van der Waals surface area contributed by atoms with Crippen LogP contribution in [0.25, 0.3) is 10.8 Å². The van der Waals surface area contributed by atoms with Crippen molar-refractivity contribution in [1.29, 1.82) is 0 Å². The van der Waals surface area contributed by atoms with E-state index in [9.17, 15) is 4.79 Å². The van der Waals surface area contributed by atoms with Crippen molar-refractivity contribution in [3.63, 3.8) is 0 Å². The van der Waals surface area contributed by atoms with Gasteiger partial charge >= 0.3 is 0 Å². The van der Waals surface area contributed by atoms with Crippen LogP contribution in [-0.4, -0.2) is 10.8 Å². The molecule has 7 rings (SSSR count). The van der Waals surface area contributed by atoms with Gasteiger partial charge in [-0.05, 0) is 71.7 Å². The van der Waals surface area contributed by atoms with Crippen LogP contribution in [0.4, 0.5) is 0 Å². The Labute approximate surface area is 183 Å². The largest absolute Gasteiger partial charge is 0.294 e. The van der Waals surface area contributed by atoms with E-state index in [1.54, 1.807) is 0 Å². The molecule has 31 heavy (non-hydrogen) atoms. The molecule has 3 aromatic carbocycles. The van der Waals surface area contributed by atoms with Gasteiger partial charge in [-0.3, -0.25) is 9.78 Å². The van der Waals surface area contributed by atoms with Gasteiger partial charge in [-0.15, -0.1) is 0 Å². The van der Waals surface area contributed by atoms with Crippen LogP contribution in [0.5, 0.6) is 0 Å². The molecule has 1 heterocycles. The van der Waals surface area contributed by atoms with Gasteiger partial charge in [-0.2, -0.15) is 0 Å². The summed E-state index contributed by atoms with van der Waals surface area (Å²) >= 11 is 0. The first-order valence-electron chi connectivity index (χ1n) is 11.1. The van der Waals surface area contributed by atoms with Crippen molar-refractivity contribution in [2.24, 2.45) is 5.41 Å². The summed E-state index contributed by atoms with van der Waals surface area (Å²) in [4.78, 5) is 18.8. The third kappa shape index (κ3) is 2.71. The zero-order valence-electron chi connectivity index (χ0n) is 17.7. The number of carbonyl (C=O) groups is 1. The molecular formula is C29H25NO. The van der Waals surface area contributed by atoms with Crippen LogP contribution in [-0.2, 0) is 5.41 Å². The minimum Gasteiger partial charge on any atom is -0.294 e. The summed E-state index contributed by atoms with van der Waals surface area (Å²) in [6, 6.07) is 29.4. The van der Waals surface area contributed by atoms with E-state index in [2.05, 4.69) is 67.6 Å². The molecule has 3 aliphatic rings. The van der Waals surface area contributed by atoms with E-state index in [0.717, 1.165) is 35.9 Å². The average Bonchev–Trinajstić information content (AvgIpc) is 3.32. The Bertz CT molecular complexity index is 1300. The molecule has 0 unspecified atom stereocenters. The number of rotatable bonds is 4. The van der Waals surface area contributed by atoms with Gasteiger partial charge in [-0.25, -0.2) is 0 Å². The summed E-state index contributed by atoms with van der Waals surface area (Å²) < 4.78 is 0. The zero-order valence-corrected chi connectivity index (χ0v) is 17.7. The summed E-state index contributed by atoms with van der Waals surface area (Å²) in [6.07, 6.45) is 4.71. The van der Waals surface area contributed by atoms with Gasteiger partial charge in [0, 0.05) is 28.8 Å². The lowest BCUT2D eigenvalue weighted by Gasteiger charge is -2.48. The molecule has 0 amide bonds. The van der Waals surface area contributed by atoms with Crippen molar-refractivity contribution in [1.82, 2.24) is 4.98 Å². The molecule has 1 atom stereocenters. The number of hydrogen-bond donors (Lipinski definition) is 0. The molecule has 4 aromatic rings. The van der Waals surface area contributed by atoms with Crippen LogP contribution >= 0.6 is 0 Å². The second-order valence-corrected chi connectivity index (χ2v) is 9.56. The van der Waals surface area contributed by atoms with Crippen LogP contribution in [0.3, 0.4) is 0 Å². The SMILES string of the molecule is Cc1ccnc([C@@H]2CC3(c4ccccc4)CC2(C(=O)c2ccc4ccccc4c2)C3)c1. The number of benzene rings is 3. The highest BCUT2D eigenvalue weighted by atomic mass is 16.1. The second-order valence-electron chi connectivity index (χ2n) is 9.56. The Hall–Kier alpha value is -3.26. The van der Waals surface area contributed by atoms with Crippen LogP contribution in [0, 0.1) is 12.3 Å². The number of carbonyl (C=O) groups excluding carboxylic acids is 1. The van der Waals surface area contributed by atoms with Crippen LogP contribution in [0.1, 0.15) is 52.4 Å². The van der Waals surface area contributed by atoms with Crippen molar-refractivity contribution < 1.29 is 4.79 Å². The van der Waals surface area contributed by atoms with E-state index < -0.39 is 0 Å². The Kier molecular flexibility index (Phi) is 3.95. The molecule has 0 aliphatic heterocycles. The fourth-order valence-electron chi connectivity index (χ4n) is 6.32. The van der Waals surface area contributed by atoms with Gasteiger partial charge in [-0.1, -0.05) is 66.7 Å². The number of nitrogens with zero attached hydrogens (tertiary/aromatic N) is 1. The first-order chi connectivity index (χ1) is 15.1. The molecule has 0 radical (unpaired) electrons. The lowest BCUT2D eigenvalue weighted by atomic mass is 9.54. The molecule has 0 spiro atoms. The Morgan fingerprint density at radius 2 is 1.61 bits per heavy atom. The number of aryl methyl sites for hydroxylation is 1. The predicted octanol–water partition coefficient (Wildman–Crippen LogP) is 6.63. The summed E-state index contributed by atoms with van der Waals surface area (Å²) in [5.74, 6) is 0.446. The molecule has 1 aromatic heterocycles. The normalized spacial score (nSPS) is 26.5. The molecule has 3 aliphatic carbocycles. The summed E-state index contributed by atoms with van der Waals surface area (Å²) in [5, 5.41) is 2.30. The van der Waals surface area contributed by atoms with Crippen molar-refractivity contribution >= 4 is 16.6 Å². The smallest absolute Gasteiger partial charge is 0.169 e. The number of hydrogen-bond acceptors (Lipinski definition) is 2. The van der Waals surface area contributed by atoms with Crippen LogP contribution < -0.4 is 0 Å². The Balaban J connectivity index is 1.45. The second kappa shape index (κ2) is 6.62. The quantitative estimate of drug-likeness (QED) is 0.358. The van der Waals surface area contributed by atoms with Gasteiger partial charge in [0.2, 0.25) is 0 Å². The molecule has 2 nitrogen and oxygen atoms in total. The number of aromatic nitrogens is 1. The van der Waals surface area contributed by atoms with Crippen LogP contribution in [0.15, 0.2) is 91.1 Å². The fourth-order valence-corrected chi connectivity index (χ4v) is 6.32. The van der Waals surface area contributed by atoms with E-state index in [1.807, 2.05) is 30.5 Å². The maximum absolute atomic E-state index is 14.1. The van der Waals surface area contributed by atoms with Gasteiger partial charge in [0.05, 0.1) is 0 Å². The van der Waals surface area contributed by atoms with E-state index in [4.69, 9.17) is 4.98 Å². The summed E-state index contributed by atoms with van der Waals surface area (Å²) in [7, 11) is 0. The molecule has 3 fully saturated rings. The molecule has 0 N–H and O–H groups in total. The third-order valence-corrected chi connectivity index (χ3v) is 7.71. The molecule has 0 saturated heterocycles. The fraction of sp³-hybridized carbons (Fsp3) is 0.241. The van der Waals surface area contributed by atoms with Gasteiger partial charge in [0.15, 0.2) is 5.78 Å². The van der Waals surface area contributed by atoms with Gasteiger partial charge < -0.3 is 0 Å². The number of fused-ring (bicyclic) bond motifs is 2. The Morgan fingerprint density at radius 3 is 2.39 bits per heavy atom. The van der Waals surface area contributed by atoms with E-state index >= 15 is 0 Å². The van der Waals surface area contributed by atoms with E-state index in [0.29, 0.717) is 0 Å². The number of Topliss-reactive ketones (excluding diaryl/α,β-unsaturated/α-hetero) is 1. The molecular weight excluding hydrogens is 378 g/mol. The lowest BCUT2D eigenvalue weighted by Crippen LogP contribution is -2.47. The Morgan fingerprint density at radius 1 is 0.871 bits per heavy atom. The summed E-state index contributed by atoms with van der Waals surface area (Å²) in [6.45, 7) is 2.11. The zero-order chi connectivity index (χ0) is 21.1. The van der Waals surface area contributed by atoms with Gasteiger partial charge in [0.25, 0.3) is 0 Å². The topological polar surface area (TPSA) is 30.0 Å². The highest BCUT2D eigenvalue weighted by Crippen LogP contribution is 2.73. The van der Waals surface area contributed by atoms with E-state index in [-0.39, 0.29) is 22.5 Å². The maximum Gasteiger partial charge on any atom is 0.169 e. The highest BCUT2D eigenvalue weighted by Gasteiger charge is 2.70. The molecule has 152 valence electrons. The number of pyridine rings is 1. The monoisotopic (exact) mass is 403 g/mol. The summed E-state index contributed by atoms with van der Waals surface area (Å²) in [5.41, 5.74) is 4.20. The molecule has 3 saturated carbocycles. The third-order valence-electron chi connectivity index (χ3n) is 7.71. The lowest BCUT2D eigenvalue weighted by molar-refractivity contribution is 0.0537. The first kappa shape index (κ1) is 18.5. The van der Waals surface area contributed by atoms with Crippen molar-refractivity contribution in [2.75, 3.05) is 0 Å². The average molecular weight is 404 g/mol. The molecule has 2 bridgehead atoms. The van der Waals surface area contributed by atoms with Crippen molar-refractivity contribution in [3.8, 4) is 0 Å².